The summed E-state index contributed by atoms with van der Waals surface area (Å²) in [5, 5.41) is 12.3. The molecule has 5 rings (SSSR count). The molecule has 0 aliphatic heterocycles. The molecule has 0 spiro atoms. The quantitative estimate of drug-likeness (QED) is 0.338. The van der Waals surface area contributed by atoms with Gasteiger partial charge in [0.25, 0.3) is 5.56 Å². The van der Waals surface area contributed by atoms with Crippen molar-refractivity contribution in [2.24, 2.45) is 0 Å². The fourth-order valence-corrected chi connectivity index (χ4v) is 5.10. The van der Waals surface area contributed by atoms with Crippen LogP contribution < -0.4 is 15.6 Å². The molecule has 0 radical (unpaired) electrons. The maximum absolute atomic E-state index is 13.6. The van der Waals surface area contributed by atoms with E-state index >= 15 is 0 Å². The molecular formula is C27H25N5O3S. The number of rotatable bonds is 6. The van der Waals surface area contributed by atoms with Crippen LogP contribution in [0, 0.1) is 13.8 Å². The number of methoxy groups -OCH3 is 1. The van der Waals surface area contributed by atoms with Crippen molar-refractivity contribution in [3.63, 3.8) is 0 Å². The molecule has 1 amide bonds. The van der Waals surface area contributed by atoms with E-state index in [9.17, 15) is 9.59 Å². The van der Waals surface area contributed by atoms with Crippen molar-refractivity contribution in [2.45, 2.75) is 31.2 Å². The zero-order chi connectivity index (χ0) is 25.4. The van der Waals surface area contributed by atoms with Crippen molar-refractivity contribution in [3.05, 3.63) is 88.2 Å². The van der Waals surface area contributed by atoms with Crippen LogP contribution in [0.5, 0.6) is 5.75 Å². The van der Waals surface area contributed by atoms with Crippen LogP contribution in [0.4, 0.5) is 5.69 Å². The van der Waals surface area contributed by atoms with Gasteiger partial charge in [0, 0.05) is 5.69 Å². The molecule has 36 heavy (non-hydrogen) atoms. The van der Waals surface area contributed by atoms with Crippen molar-refractivity contribution < 1.29 is 9.53 Å². The number of amides is 1. The summed E-state index contributed by atoms with van der Waals surface area (Å²) in [6.45, 7) is 5.75. The summed E-state index contributed by atoms with van der Waals surface area (Å²) in [5.41, 5.74) is 3.90. The van der Waals surface area contributed by atoms with Gasteiger partial charge in [0.2, 0.25) is 11.7 Å². The minimum atomic E-state index is -0.473. The predicted molar refractivity (Wildman–Crippen MR) is 143 cm³/mol. The number of hydrogen-bond donors (Lipinski definition) is 1. The largest absolute Gasteiger partial charge is 0.497 e. The number of aryl methyl sites for hydroxylation is 2. The lowest BCUT2D eigenvalue weighted by Gasteiger charge is -2.16. The Morgan fingerprint density at radius 1 is 0.972 bits per heavy atom. The minimum Gasteiger partial charge on any atom is -0.497 e. The molecule has 0 aliphatic rings. The van der Waals surface area contributed by atoms with Crippen LogP contribution >= 0.6 is 11.8 Å². The predicted octanol–water partition coefficient (Wildman–Crippen LogP) is 4.78. The van der Waals surface area contributed by atoms with E-state index in [1.807, 2.05) is 61.6 Å². The first-order chi connectivity index (χ1) is 17.4. The highest BCUT2D eigenvalue weighted by atomic mass is 32.2. The van der Waals surface area contributed by atoms with Gasteiger partial charge in [-0.15, -0.1) is 10.2 Å². The summed E-state index contributed by atoms with van der Waals surface area (Å²) in [7, 11) is 1.60. The lowest BCUT2D eigenvalue weighted by molar-refractivity contribution is -0.115. The minimum absolute atomic E-state index is 0.162. The third-order valence-electron chi connectivity index (χ3n) is 6.07. The number of nitrogens with one attached hydrogen (secondary N) is 1. The molecule has 0 bridgehead atoms. The fourth-order valence-electron chi connectivity index (χ4n) is 4.24. The average molecular weight is 500 g/mol. The third kappa shape index (κ3) is 4.11. The van der Waals surface area contributed by atoms with Gasteiger partial charge < -0.3 is 10.1 Å². The van der Waals surface area contributed by atoms with E-state index in [1.54, 1.807) is 42.0 Å². The third-order valence-corrected chi connectivity index (χ3v) is 7.11. The van der Waals surface area contributed by atoms with Crippen LogP contribution in [0.2, 0.25) is 0 Å². The first kappa shape index (κ1) is 23.6. The van der Waals surface area contributed by atoms with Gasteiger partial charge in [-0.05, 0) is 68.3 Å². The molecular weight excluding hydrogens is 474 g/mol. The van der Waals surface area contributed by atoms with Crippen LogP contribution in [0.15, 0.2) is 76.7 Å². The van der Waals surface area contributed by atoms with E-state index in [2.05, 4.69) is 15.5 Å². The molecule has 0 saturated heterocycles. The zero-order valence-corrected chi connectivity index (χ0v) is 21.2. The van der Waals surface area contributed by atoms with Crippen molar-refractivity contribution in [3.8, 4) is 11.4 Å². The monoisotopic (exact) mass is 499 g/mol. The molecule has 9 heteroatoms. The zero-order valence-electron chi connectivity index (χ0n) is 20.4. The molecule has 3 aromatic carbocycles. The Morgan fingerprint density at radius 2 is 1.67 bits per heavy atom. The van der Waals surface area contributed by atoms with Crippen LogP contribution in [0.3, 0.4) is 0 Å². The van der Waals surface area contributed by atoms with E-state index in [4.69, 9.17) is 4.74 Å². The van der Waals surface area contributed by atoms with Crippen LogP contribution in [-0.4, -0.2) is 37.4 Å². The Kier molecular flexibility index (Phi) is 6.24. The van der Waals surface area contributed by atoms with E-state index in [1.165, 1.54) is 11.8 Å². The van der Waals surface area contributed by atoms with Crippen molar-refractivity contribution in [1.29, 1.82) is 0 Å². The molecule has 1 atom stereocenters. The van der Waals surface area contributed by atoms with Gasteiger partial charge in [-0.3, -0.25) is 14.0 Å². The number of carbonyl (C=O) groups excluding carboxylic acids is 1. The number of anilines is 1. The van der Waals surface area contributed by atoms with E-state index in [0.29, 0.717) is 33.3 Å². The molecule has 182 valence electrons. The standard InChI is InChI=1S/C27H25N5O3S/c1-16-8-7-9-17(2)23(16)32-25(34)21-10-5-6-11-22(21)31-26(32)29-30-27(31)36-18(3)24(33)28-19-12-14-20(35-4)15-13-19/h5-15,18H,1-4H3,(H,28,33). The van der Waals surface area contributed by atoms with Gasteiger partial charge in [0.1, 0.15) is 5.75 Å². The van der Waals surface area contributed by atoms with Crippen molar-refractivity contribution >= 4 is 40.0 Å². The number of thioether (sulfide) groups is 1. The number of hydrogen-bond acceptors (Lipinski definition) is 6. The topological polar surface area (TPSA) is 90.5 Å². The fraction of sp³-hybridized carbons (Fsp3) is 0.185. The number of nitrogens with zero attached hydrogens (tertiary/aromatic N) is 4. The summed E-state index contributed by atoms with van der Waals surface area (Å²) in [4.78, 5) is 26.6. The number of para-hydroxylation sites is 2. The summed E-state index contributed by atoms with van der Waals surface area (Å²) in [6, 6.07) is 20.4. The lowest BCUT2D eigenvalue weighted by Crippen LogP contribution is -2.24. The van der Waals surface area contributed by atoms with E-state index < -0.39 is 5.25 Å². The van der Waals surface area contributed by atoms with Crippen molar-refractivity contribution in [1.82, 2.24) is 19.2 Å². The van der Waals surface area contributed by atoms with Gasteiger partial charge in [0.15, 0.2) is 5.16 Å². The average Bonchev–Trinajstić information content (AvgIpc) is 3.29. The lowest BCUT2D eigenvalue weighted by atomic mass is 10.1. The summed E-state index contributed by atoms with van der Waals surface area (Å²) >= 11 is 1.28. The van der Waals surface area contributed by atoms with E-state index in [-0.39, 0.29) is 11.5 Å². The number of aromatic nitrogens is 4. The molecule has 2 heterocycles. The number of benzene rings is 3. The second-order valence-electron chi connectivity index (χ2n) is 8.49. The van der Waals surface area contributed by atoms with E-state index in [0.717, 1.165) is 16.8 Å². The second kappa shape index (κ2) is 9.50. The molecule has 1 N–H and O–H groups in total. The molecule has 2 aromatic heterocycles. The molecule has 5 aromatic rings. The highest BCUT2D eigenvalue weighted by Gasteiger charge is 2.23. The highest BCUT2D eigenvalue weighted by Crippen LogP contribution is 2.28. The van der Waals surface area contributed by atoms with Crippen LogP contribution in [0.25, 0.3) is 22.4 Å². The Balaban J connectivity index is 1.58. The molecule has 0 saturated carbocycles. The molecule has 1 unspecified atom stereocenters. The van der Waals surface area contributed by atoms with Gasteiger partial charge in [-0.1, -0.05) is 42.1 Å². The maximum atomic E-state index is 13.6. The number of fused-ring (bicyclic) bond motifs is 3. The smallest absolute Gasteiger partial charge is 0.267 e. The Hall–Kier alpha value is -4.11. The summed E-state index contributed by atoms with van der Waals surface area (Å²) < 4.78 is 8.64. The highest BCUT2D eigenvalue weighted by molar-refractivity contribution is 8.00. The Morgan fingerprint density at radius 3 is 2.36 bits per heavy atom. The maximum Gasteiger partial charge on any atom is 0.267 e. The number of ether oxygens (including phenoxy) is 1. The van der Waals surface area contributed by atoms with Gasteiger partial charge in [-0.25, -0.2) is 4.57 Å². The van der Waals surface area contributed by atoms with Gasteiger partial charge >= 0.3 is 0 Å². The van der Waals surface area contributed by atoms with Gasteiger partial charge in [-0.2, -0.15) is 0 Å². The van der Waals surface area contributed by atoms with Crippen LogP contribution in [-0.2, 0) is 4.79 Å². The first-order valence-electron chi connectivity index (χ1n) is 11.5. The second-order valence-corrected chi connectivity index (χ2v) is 9.80. The summed E-state index contributed by atoms with van der Waals surface area (Å²) in [6.07, 6.45) is 0. The number of carbonyl (C=O) groups is 1. The molecule has 0 aliphatic carbocycles. The molecule has 0 fully saturated rings. The Bertz CT molecular complexity index is 1640. The summed E-state index contributed by atoms with van der Waals surface area (Å²) in [5.74, 6) is 0.947. The Labute approximate surface area is 211 Å². The van der Waals surface area contributed by atoms with Crippen molar-refractivity contribution in [2.75, 3.05) is 12.4 Å². The van der Waals surface area contributed by atoms with Crippen LogP contribution in [0.1, 0.15) is 18.1 Å². The SMILES string of the molecule is COc1ccc(NC(=O)C(C)Sc2nnc3n(-c4c(C)cccc4C)c(=O)c4ccccc4n23)cc1. The first-order valence-corrected chi connectivity index (χ1v) is 12.3. The van der Waals surface area contributed by atoms with Gasteiger partial charge in [0.05, 0.1) is 29.0 Å². The molecule has 8 nitrogen and oxygen atoms in total. The normalized spacial score (nSPS) is 12.1.